The van der Waals surface area contributed by atoms with E-state index in [0.29, 0.717) is 12.0 Å². The molecule has 0 N–H and O–H groups in total. The summed E-state index contributed by atoms with van der Waals surface area (Å²) in [4.78, 5) is 10.8. The van der Waals surface area contributed by atoms with Gasteiger partial charge in [0.15, 0.2) is 0 Å². The van der Waals surface area contributed by atoms with Crippen LogP contribution in [0.1, 0.15) is 30.2 Å². The van der Waals surface area contributed by atoms with E-state index in [4.69, 9.17) is 4.74 Å². The maximum absolute atomic E-state index is 6.27. The lowest BCUT2D eigenvalue weighted by molar-refractivity contribution is -0.0106. The van der Waals surface area contributed by atoms with Crippen LogP contribution in [0.15, 0.2) is 31.0 Å². The average molecular weight is 299 g/mol. The molecule has 0 amide bonds. The smallest absolute Gasteiger partial charge is 0.115 e. The van der Waals surface area contributed by atoms with E-state index in [2.05, 4.69) is 26.2 Å². The zero-order chi connectivity index (χ0) is 14.9. The highest BCUT2D eigenvalue weighted by atomic mass is 16.5. The first-order valence-corrected chi connectivity index (χ1v) is 7.89. The van der Waals surface area contributed by atoms with Gasteiger partial charge in [-0.3, -0.25) is 9.58 Å². The van der Waals surface area contributed by atoms with Crippen molar-refractivity contribution in [3.63, 3.8) is 0 Å². The molecule has 3 atom stereocenters. The lowest BCUT2D eigenvalue weighted by Crippen LogP contribution is -2.41. The second kappa shape index (κ2) is 5.78. The van der Waals surface area contributed by atoms with Gasteiger partial charge in [0.05, 0.1) is 18.0 Å². The molecule has 116 valence electrons. The minimum absolute atomic E-state index is 0.136. The van der Waals surface area contributed by atoms with Gasteiger partial charge in [0.1, 0.15) is 12.4 Å². The Balaban J connectivity index is 1.39. The van der Waals surface area contributed by atoms with Crippen molar-refractivity contribution in [3.8, 4) is 0 Å². The molecular weight excluding hydrogens is 278 g/mol. The van der Waals surface area contributed by atoms with Crippen molar-refractivity contribution in [1.82, 2.24) is 24.6 Å². The van der Waals surface area contributed by atoms with Gasteiger partial charge < -0.3 is 4.74 Å². The van der Waals surface area contributed by atoms with Gasteiger partial charge >= 0.3 is 0 Å². The van der Waals surface area contributed by atoms with E-state index in [1.807, 2.05) is 24.0 Å². The molecule has 4 heterocycles. The van der Waals surface area contributed by atoms with Gasteiger partial charge in [-0.15, -0.1) is 0 Å². The van der Waals surface area contributed by atoms with Gasteiger partial charge in [-0.1, -0.05) is 0 Å². The molecule has 0 aliphatic carbocycles. The second-order valence-corrected chi connectivity index (χ2v) is 6.34. The summed E-state index contributed by atoms with van der Waals surface area (Å²) in [5.74, 6) is 0.658. The summed E-state index contributed by atoms with van der Waals surface area (Å²) >= 11 is 0. The Morgan fingerprint density at radius 2 is 2.36 bits per heavy atom. The van der Waals surface area contributed by atoms with Crippen LogP contribution in [0.4, 0.5) is 0 Å². The number of fused-ring (bicyclic) bond motifs is 1. The third-order valence-electron chi connectivity index (χ3n) is 4.74. The van der Waals surface area contributed by atoms with E-state index < -0.39 is 0 Å². The molecule has 0 saturated carbocycles. The number of aromatic nitrogens is 4. The molecule has 4 rings (SSSR count). The zero-order valence-electron chi connectivity index (χ0n) is 12.8. The Bertz CT molecular complexity index is 628. The Hall–Kier alpha value is -1.79. The number of nitrogens with zero attached hydrogens (tertiary/aromatic N) is 5. The topological polar surface area (TPSA) is 56.1 Å². The minimum Gasteiger partial charge on any atom is -0.367 e. The number of aryl methyl sites for hydroxylation is 1. The minimum atomic E-state index is 0.136. The van der Waals surface area contributed by atoms with Gasteiger partial charge in [-0.05, 0) is 31.4 Å². The fourth-order valence-electron chi connectivity index (χ4n) is 3.63. The molecule has 0 radical (unpaired) electrons. The third-order valence-corrected chi connectivity index (χ3v) is 4.74. The largest absolute Gasteiger partial charge is 0.367 e. The van der Waals surface area contributed by atoms with Crippen molar-refractivity contribution in [2.75, 3.05) is 13.1 Å². The van der Waals surface area contributed by atoms with Crippen LogP contribution in [0.25, 0.3) is 0 Å². The molecule has 6 nitrogen and oxygen atoms in total. The van der Waals surface area contributed by atoms with Crippen LogP contribution in [0, 0.1) is 5.92 Å². The number of likely N-dealkylation sites (tertiary alicyclic amines) is 1. The Labute approximate surface area is 130 Å². The maximum Gasteiger partial charge on any atom is 0.115 e. The number of hydrogen-bond donors (Lipinski definition) is 0. The van der Waals surface area contributed by atoms with Crippen LogP contribution < -0.4 is 0 Å². The summed E-state index contributed by atoms with van der Waals surface area (Å²) in [7, 11) is 1.96. The van der Waals surface area contributed by atoms with E-state index >= 15 is 0 Å². The molecule has 22 heavy (non-hydrogen) atoms. The van der Waals surface area contributed by atoms with E-state index in [0.717, 1.165) is 31.7 Å². The lowest BCUT2D eigenvalue weighted by atomic mass is 9.91. The highest BCUT2D eigenvalue weighted by molar-refractivity contribution is 5.07. The molecule has 2 saturated heterocycles. The Morgan fingerprint density at radius 3 is 3.14 bits per heavy atom. The first-order chi connectivity index (χ1) is 10.8. The first-order valence-electron chi connectivity index (χ1n) is 7.89. The average Bonchev–Trinajstić information content (AvgIpc) is 3.14. The van der Waals surface area contributed by atoms with Crippen molar-refractivity contribution in [3.05, 3.63) is 42.2 Å². The highest BCUT2D eigenvalue weighted by Crippen LogP contribution is 2.40. The van der Waals surface area contributed by atoms with E-state index in [1.54, 1.807) is 12.5 Å². The van der Waals surface area contributed by atoms with Crippen LogP contribution in [-0.4, -0.2) is 43.8 Å². The van der Waals surface area contributed by atoms with E-state index in [1.165, 1.54) is 12.0 Å². The fourth-order valence-corrected chi connectivity index (χ4v) is 3.63. The van der Waals surface area contributed by atoms with Crippen LogP contribution in [0.2, 0.25) is 0 Å². The van der Waals surface area contributed by atoms with Crippen molar-refractivity contribution in [2.45, 2.75) is 31.6 Å². The molecule has 2 aromatic rings. The molecule has 0 unspecified atom stereocenters. The highest BCUT2D eigenvalue weighted by Gasteiger charge is 2.40. The summed E-state index contributed by atoms with van der Waals surface area (Å²) in [6, 6.07) is 1.97. The molecule has 0 spiro atoms. The summed E-state index contributed by atoms with van der Waals surface area (Å²) in [6.07, 6.45) is 10.2. The number of piperidine rings is 1. The fraction of sp³-hybridized carbons (Fsp3) is 0.562. The predicted molar refractivity (Wildman–Crippen MR) is 80.9 cm³/mol. The second-order valence-electron chi connectivity index (χ2n) is 6.34. The van der Waals surface area contributed by atoms with E-state index in [-0.39, 0.29) is 6.10 Å². The van der Waals surface area contributed by atoms with Gasteiger partial charge in [0.25, 0.3) is 0 Å². The summed E-state index contributed by atoms with van der Waals surface area (Å²) in [5.41, 5.74) is 2.29. The molecule has 2 aromatic heterocycles. The van der Waals surface area contributed by atoms with Crippen LogP contribution in [0.5, 0.6) is 0 Å². The summed E-state index contributed by atoms with van der Waals surface area (Å²) in [6.45, 7) is 3.09. The predicted octanol–water partition coefficient (Wildman–Crippen LogP) is 1.56. The van der Waals surface area contributed by atoms with Crippen molar-refractivity contribution >= 4 is 0 Å². The van der Waals surface area contributed by atoms with Gasteiger partial charge in [0, 0.05) is 38.1 Å². The van der Waals surface area contributed by atoms with Crippen molar-refractivity contribution in [2.24, 2.45) is 13.0 Å². The normalized spacial score (nSPS) is 28.7. The molecule has 0 bridgehead atoms. The molecule has 2 fully saturated rings. The SMILES string of the molecule is Cn1cc(CN2CC[C@H]3C[C@H](c4ccncn4)O[C@H]3C2)cn1. The molecule has 6 heteroatoms. The maximum atomic E-state index is 6.27. The van der Waals surface area contributed by atoms with E-state index in [9.17, 15) is 0 Å². The number of rotatable bonds is 3. The molecule has 2 aliphatic rings. The Morgan fingerprint density at radius 1 is 1.41 bits per heavy atom. The number of hydrogen-bond acceptors (Lipinski definition) is 5. The summed E-state index contributed by atoms with van der Waals surface area (Å²) in [5, 5.41) is 4.24. The summed E-state index contributed by atoms with van der Waals surface area (Å²) < 4.78 is 8.13. The quantitative estimate of drug-likeness (QED) is 0.861. The first kappa shape index (κ1) is 13.8. The van der Waals surface area contributed by atoms with Crippen LogP contribution >= 0.6 is 0 Å². The third kappa shape index (κ3) is 2.76. The number of ether oxygens (including phenoxy) is 1. The standard InChI is InChI=1S/C16H21N5O/c1-20-8-12(7-19-20)9-21-5-3-13-6-15(22-16(13)10-21)14-2-4-17-11-18-14/h2,4,7-8,11,13,15-16H,3,5-6,9-10H2,1H3/t13-,15+,16-/m0/s1. The zero-order valence-corrected chi connectivity index (χ0v) is 12.8. The Kier molecular flexibility index (Phi) is 3.63. The lowest BCUT2D eigenvalue weighted by Gasteiger charge is -2.33. The van der Waals surface area contributed by atoms with Crippen molar-refractivity contribution < 1.29 is 4.74 Å². The monoisotopic (exact) mass is 299 g/mol. The molecule has 2 aliphatic heterocycles. The molecule has 0 aromatic carbocycles. The van der Waals surface area contributed by atoms with Gasteiger partial charge in [-0.2, -0.15) is 5.10 Å². The molecular formula is C16H21N5O. The van der Waals surface area contributed by atoms with Gasteiger partial charge in [-0.25, -0.2) is 9.97 Å². The van der Waals surface area contributed by atoms with Crippen LogP contribution in [0.3, 0.4) is 0 Å². The van der Waals surface area contributed by atoms with Gasteiger partial charge in [0.2, 0.25) is 0 Å². The van der Waals surface area contributed by atoms with Crippen LogP contribution in [-0.2, 0) is 18.3 Å². The van der Waals surface area contributed by atoms with Crippen molar-refractivity contribution in [1.29, 1.82) is 0 Å².